The van der Waals surface area contributed by atoms with Crippen LogP contribution in [-0.2, 0) is 37.5 Å². The summed E-state index contributed by atoms with van der Waals surface area (Å²) in [5.74, 6) is -2.52. The van der Waals surface area contributed by atoms with Crippen molar-refractivity contribution in [3.05, 3.63) is 72.9 Å². The summed E-state index contributed by atoms with van der Waals surface area (Å²) in [6, 6.07) is -1.53. The van der Waals surface area contributed by atoms with Gasteiger partial charge in [0, 0.05) is 12.8 Å². The van der Waals surface area contributed by atoms with E-state index in [0.29, 0.717) is 19.3 Å². The molecule has 0 aliphatic rings. The molecule has 0 aliphatic heterocycles. The van der Waals surface area contributed by atoms with Crippen molar-refractivity contribution in [1.29, 1.82) is 0 Å². The lowest BCUT2D eigenvalue weighted by molar-refractivity contribution is -0.161. The number of allylic oxidation sites excluding steroid dienone is 12. The van der Waals surface area contributed by atoms with Crippen molar-refractivity contribution >= 4 is 25.7 Å². The van der Waals surface area contributed by atoms with Gasteiger partial charge in [-0.3, -0.25) is 23.4 Å². The second kappa shape index (κ2) is 30.3. The van der Waals surface area contributed by atoms with E-state index < -0.39 is 51.1 Å². The summed E-state index contributed by atoms with van der Waals surface area (Å²) in [4.78, 5) is 45.1. The van der Waals surface area contributed by atoms with Crippen molar-refractivity contribution in [2.75, 3.05) is 19.8 Å². The van der Waals surface area contributed by atoms with Crippen LogP contribution in [0, 0.1) is 0 Å². The molecule has 3 unspecified atom stereocenters. The van der Waals surface area contributed by atoms with Gasteiger partial charge in [0.15, 0.2) is 6.10 Å². The summed E-state index contributed by atoms with van der Waals surface area (Å²) in [6.07, 6.45) is 33.6. The smallest absolute Gasteiger partial charge is 0.472 e. The van der Waals surface area contributed by atoms with Gasteiger partial charge in [-0.15, -0.1) is 0 Å². The summed E-state index contributed by atoms with van der Waals surface area (Å²) < 4.78 is 32.1. The number of rotatable bonds is 29. The van der Waals surface area contributed by atoms with Crippen LogP contribution >= 0.6 is 7.82 Å². The molecule has 0 aromatic heterocycles. The molecular weight excluding hydrogens is 625 g/mol. The molecule has 0 saturated carbocycles. The minimum absolute atomic E-state index is 0.0321. The van der Waals surface area contributed by atoms with Crippen LogP contribution in [-0.4, -0.2) is 59.9 Å². The fourth-order valence-corrected chi connectivity index (χ4v) is 4.39. The lowest BCUT2D eigenvalue weighted by Gasteiger charge is -2.20. The third kappa shape index (κ3) is 30.0. The predicted molar refractivity (Wildman–Crippen MR) is 184 cm³/mol. The van der Waals surface area contributed by atoms with Crippen LogP contribution in [0.3, 0.4) is 0 Å². The minimum Gasteiger partial charge on any atom is -0.480 e. The molecule has 0 aromatic carbocycles. The van der Waals surface area contributed by atoms with Crippen molar-refractivity contribution in [3.63, 3.8) is 0 Å². The summed E-state index contributed by atoms with van der Waals surface area (Å²) in [5, 5.41) is 8.80. The molecule has 0 fully saturated rings. The van der Waals surface area contributed by atoms with Crippen LogP contribution in [0.2, 0.25) is 0 Å². The van der Waals surface area contributed by atoms with E-state index in [1.54, 1.807) is 0 Å². The largest absolute Gasteiger partial charge is 0.480 e. The van der Waals surface area contributed by atoms with Crippen LogP contribution in [0.5, 0.6) is 0 Å². The van der Waals surface area contributed by atoms with Gasteiger partial charge >= 0.3 is 25.7 Å². The van der Waals surface area contributed by atoms with E-state index in [2.05, 4.69) is 73.1 Å². The molecular formula is C35H56NO10P. The van der Waals surface area contributed by atoms with E-state index in [1.165, 1.54) is 0 Å². The summed E-state index contributed by atoms with van der Waals surface area (Å²) in [7, 11) is -4.72. The molecule has 0 radical (unpaired) electrons. The Kier molecular flexibility index (Phi) is 28.3. The first-order valence-electron chi connectivity index (χ1n) is 16.5. The van der Waals surface area contributed by atoms with Gasteiger partial charge in [-0.2, -0.15) is 0 Å². The van der Waals surface area contributed by atoms with E-state index in [0.717, 1.165) is 51.4 Å². The van der Waals surface area contributed by atoms with Crippen LogP contribution in [0.15, 0.2) is 72.9 Å². The molecule has 3 atom stereocenters. The number of unbranched alkanes of at least 4 members (excludes halogenated alkanes) is 3. The number of nitrogens with two attached hydrogens (primary N) is 1. The van der Waals surface area contributed by atoms with Gasteiger partial charge in [0.05, 0.1) is 13.2 Å². The van der Waals surface area contributed by atoms with Crippen molar-refractivity contribution in [3.8, 4) is 0 Å². The molecule has 266 valence electrons. The number of aliphatic carboxylic acids is 1. The third-order valence-electron chi connectivity index (χ3n) is 6.23. The highest BCUT2D eigenvalue weighted by atomic mass is 31.2. The number of esters is 2. The standard InChI is InChI=1S/C35H56NO10P/c1-3-5-7-9-10-11-12-13-14-15-16-17-18-19-20-21-22-23-25-27-34(38)46-31(28-43-33(37)26-24-8-6-4-2)29-44-47(41,42)45-30-32(36)35(39)40/h5,7,10-11,13-14,16-17,19-20,22-23,31-32H,3-4,6,8-9,12,15,18,21,24-30,36H2,1-2H3,(H,39,40)(H,41,42)/b7-5-,11-10-,14-13-,17-16-,20-19-,23-22-. The van der Waals surface area contributed by atoms with Crippen molar-refractivity contribution in [1.82, 2.24) is 0 Å². The molecule has 0 saturated heterocycles. The summed E-state index contributed by atoms with van der Waals surface area (Å²) in [6.45, 7) is 2.41. The Bertz CT molecular complexity index is 1080. The van der Waals surface area contributed by atoms with Gasteiger partial charge in [0.1, 0.15) is 12.6 Å². The van der Waals surface area contributed by atoms with E-state index in [1.807, 2.05) is 18.2 Å². The first kappa shape index (κ1) is 43.9. The highest BCUT2D eigenvalue weighted by molar-refractivity contribution is 7.47. The lowest BCUT2D eigenvalue weighted by atomic mass is 10.2. The second-order valence-electron chi connectivity index (χ2n) is 10.6. The summed E-state index contributed by atoms with van der Waals surface area (Å²) in [5.41, 5.74) is 5.27. The molecule has 0 spiro atoms. The maximum atomic E-state index is 12.4. The van der Waals surface area contributed by atoms with Crippen LogP contribution in [0.25, 0.3) is 0 Å². The highest BCUT2D eigenvalue weighted by Crippen LogP contribution is 2.43. The van der Waals surface area contributed by atoms with Gasteiger partial charge in [-0.25, -0.2) is 4.57 Å². The Morgan fingerprint density at radius 2 is 1.19 bits per heavy atom. The van der Waals surface area contributed by atoms with Crippen molar-refractivity contribution in [2.24, 2.45) is 5.73 Å². The fourth-order valence-electron chi connectivity index (χ4n) is 3.62. The Balaban J connectivity index is 4.52. The number of carboxylic acids is 1. The van der Waals surface area contributed by atoms with Gasteiger partial charge in [-0.05, 0) is 51.4 Å². The van der Waals surface area contributed by atoms with E-state index in [9.17, 15) is 23.8 Å². The van der Waals surface area contributed by atoms with Gasteiger partial charge < -0.3 is 25.2 Å². The maximum absolute atomic E-state index is 12.4. The zero-order valence-electron chi connectivity index (χ0n) is 28.1. The van der Waals surface area contributed by atoms with Crippen molar-refractivity contribution < 1.29 is 47.5 Å². The third-order valence-corrected chi connectivity index (χ3v) is 7.18. The highest BCUT2D eigenvalue weighted by Gasteiger charge is 2.28. The molecule has 0 amide bonds. The molecule has 0 aromatic rings. The number of ether oxygens (including phenoxy) is 2. The molecule has 0 heterocycles. The van der Waals surface area contributed by atoms with Gasteiger partial charge in [0.2, 0.25) is 0 Å². The fraction of sp³-hybridized carbons (Fsp3) is 0.571. The monoisotopic (exact) mass is 681 g/mol. The number of phosphoric acid groups is 1. The number of hydrogen-bond acceptors (Lipinski definition) is 9. The first-order valence-corrected chi connectivity index (χ1v) is 18.0. The Hall–Kier alpha value is -3.08. The molecule has 0 rings (SSSR count). The number of carboxylic acid groups (broad SMARTS) is 1. The Morgan fingerprint density at radius 1 is 0.681 bits per heavy atom. The SMILES string of the molecule is CC/C=C\C/C=C\C/C=C\C/C=C\C/C=C\C/C=C\CCC(=O)OC(COC(=O)CCCCCC)COP(=O)(O)OCC(N)C(=O)O. The molecule has 11 nitrogen and oxygen atoms in total. The first-order chi connectivity index (χ1) is 22.6. The maximum Gasteiger partial charge on any atom is 0.472 e. The number of carbonyl (C=O) groups is 3. The predicted octanol–water partition coefficient (Wildman–Crippen LogP) is 7.44. The average Bonchev–Trinajstić information content (AvgIpc) is 3.04. The minimum atomic E-state index is -4.72. The molecule has 4 N–H and O–H groups in total. The van der Waals surface area contributed by atoms with E-state index >= 15 is 0 Å². The van der Waals surface area contributed by atoms with Gasteiger partial charge in [-0.1, -0.05) is 106 Å². The van der Waals surface area contributed by atoms with Crippen LogP contribution in [0.4, 0.5) is 0 Å². The number of phosphoric ester groups is 1. The summed E-state index contributed by atoms with van der Waals surface area (Å²) >= 11 is 0. The number of carbonyl (C=O) groups excluding carboxylic acids is 2. The number of hydrogen-bond donors (Lipinski definition) is 3. The average molecular weight is 682 g/mol. The zero-order valence-corrected chi connectivity index (χ0v) is 29.0. The molecule has 0 aliphatic carbocycles. The molecule has 12 heteroatoms. The lowest BCUT2D eigenvalue weighted by Crippen LogP contribution is -2.34. The molecule has 47 heavy (non-hydrogen) atoms. The van der Waals surface area contributed by atoms with Crippen LogP contribution in [0.1, 0.15) is 97.3 Å². The van der Waals surface area contributed by atoms with Crippen molar-refractivity contribution in [2.45, 2.75) is 109 Å². The van der Waals surface area contributed by atoms with Gasteiger partial charge in [0.25, 0.3) is 0 Å². The van der Waals surface area contributed by atoms with E-state index in [4.69, 9.17) is 24.8 Å². The zero-order chi connectivity index (χ0) is 35.0. The Morgan fingerprint density at radius 3 is 1.70 bits per heavy atom. The molecule has 0 bridgehead atoms. The normalized spacial score (nSPS) is 15.0. The van der Waals surface area contributed by atoms with Crippen LogP contribution < -0.4 is 5.73 Å². The quantitative estimate of drug-likeness (QED) is 0.0310. The van der Waals surface area contributed by atoms with E-state index in [-0.39, 0.29) is 19.4 Å². The topological polar surface area (TPSA) is 172 Å². The second-order valence-corrected chi connectivity index (χ2v) is 12.0. The Labute approximate surface area is 280 Å².